The first-order valence-electron chi connectivity index (χ1n) is 6.34. The predicted octanol–water partition coefficient (Wildman–Crippen LogP) is 3.14. The fourth-order valence-electron chi connectivity index (χ4n) is 2.60. The summed E-state index contributed by atoms with van der Waals surface area (Å²) in [5.74, 6) is 1.52. The largest absolute Gasteiger partial charge is 0.496 e. The third-order valence-electron chi connectivity index (χ3n) is 3.58. The summed E-state index contributed by atoms with van der Waals surface area (Å²) in [5.41, 5.74) is 1.30. The highest BCUT2D eigenvalue weighted by molar-refractivity contribution is 9.10. The zero-order valence-electron chi connectivity index (χ0n) is 10.9. The highest BCUT2D eigenvalue weighted by Crippen LogP contribution is 2.33. The van der Waals surface area contributed by atoms with Gasteiger partial charge in [0.1, 0.15) is 5.75 Å². The molecule has 1 aliphatic heterocycles. The van der Waals surface area contributed by atoms with Crippen LogP contribution in [0.1, 0.15) is 24.4 Å². The van der Waals surface area contributed by atoms with Crippen molar-refractivity contribution in [2.24, 2.45) is 5.92 Å². The summed E-state index contributed by atoms with van der Waals surface area (Å²) in [5, 5.41) is 3.44. The van der Waals surface area contributed by atoms with E-state index in [2.05, 4.69) is 33.4 Å². The Labute approximate surface area is 117 Å². The van der Waals surface area contributed by atoms with Crippen LogP contribution in [0.25, 0.3) is 0 Å². The minimum atomic E-state index is 0.385. The molecule has 0 bridgehead atoms. The monoisotopic (exact) mass is 313 g/mol. The summed E-state index contributed by atoms with van der Waals surface area (Å²) in [4.78, 5) is 0. The number of hydrogen-bond acceptors (Lipinski definition) is 3. The maximum absolute atomic E-state index is 5.43. The molecule has 1 atom stereocenters. The molecule has 0 radical (unpaired) electrons. The summed E-state index contributed by atoms with van der Waals surface area (Å²) in [6.07, 6.45) is 2.24. The molecule has 0 saturated carbocycles. The minimum Gasteiger partial charge on any atom is -0.496 e. The van der Waals surface area contributed by atoms with E-state index in [0.717, 1.165) is 36.3 Å². The number of nitrogens with one attached hydrogen (secondary N) is 1. The first-order chi connectivity index (χ1) is 8.76. The van der Waals surface area contributed by atoms with Crippen LogP contribution >= 0.6 is 15.9 Å². The third kappa shape index (κ3) is 3.05. The van der Waals surface area contributed by atoms with Gasteiger partial charge in [0.2, 0.25) is 0 Å². The molecular weight excluding hydrogens is 294 g/mol. The molecule has 100 valence electrons. The van der Waals surface area contributed by atoms with Gasteiger partial charge < -0.3 is 14.8 Å². The Hall–Kier alpha value is -0.580. The molecule has 1 N–H and O–H groups in total. The maximum Gasteiger partial charge on any atom is 0.133 e. The smallest absolute Gasteiger partial charge is 0.133 e. The zero-order valence-corrected chi connectivity index (χ0v) is 12.5. The first kappa shape index (κ1) is 13.8. The highest BCUT2D eigenvalue weighted by Gasteiger charge is 2.24. The van der Waals surface area contributed by atoms with Gasteiger partial charge >= 0.3 is 0 Å². The molecule has 0 aliphatic carbocycles. The quantitative estimate of drug-likeness (QED) is 0.926. The van der Waals surface area contributed by atoms with Crippen molar-refractivity contribution in [1.82, 2.24) is 5.32 Å². The molecule has 18 heavy (non-hydrogen) atoms. The van der Waals surface area contributed by atoms with Crippen molar-refractivity contribution in [3.63, 3.8) is 0 Å². The Morgan fingerprint density at radius 3 is 2.67 bits per heavy atom. The maximum atomic E-state index is 5.43. The van der Waals surface area contributed by atoms with Crippen LogP contribution in [0.2, 0.25) is 0 Å². The first-order valence-corrected chi connectivity index (χ1v) is 7.14. The van der Waals surface area contributed by atoms with E-state index in [-0.39, 0.29) is 0 Å². The number of benzene rings is 1. The van der Waals surface area contributed by atoms with Gasteiger partial charge in [-0.3, -0.25) is 0 Å². The highest BCUT2D eigenvalue weighted by atomic mass is 79.9. The van der Waals surface area contributed by atoms with Crippen molar-refractivity contribution in [3.8, 4) is 5.75 Å². The molecular formula is C14H20BrNO2. The Morgan fingerprint density at radius 2 is 2.11 bits per heavy atom. The van der Waals surface area contributed by atoms with Crippen LogP contribution in [0.4, 0.5) is 0 Å². The van der Waals surface area contributed by atoms with E-state index in [4.69, 9.17) is 9.47 Å². The number of methoxy groups -OCH3 is 1. The second-order valence-electron chi connectivity index (χ2n) is 4.61. The SMILES string of the molecule is CNC(c1ccc(OC)c(Br)c1)C1CCOCC1. The van der Waals surface area contributed by atoms with Crippen LogP contribution in [0.3, 0.4) is 0 Å². The molecule has 0 aromatic heterocycles. The lowest BCUT2D eigenvalue weighted by atomic mass is 9.87. The van der Waals surface area contributed by atoms with E-state index < -0.39 is 0 Å². The van der Waals surface area contributed by atoms with Crippen LogP contribution in [0, 0.1) is 5.92 Å². The molecule has 0 spiro atoms. The van der Waals surface area contributed by atoms with Gasteiger partial charge in [0, 0.05) is 19.3 Å². The fourth-order valence-corrected chi connectivity index (χ4v) is 3.16. The predicted molar refractivity (Wildman–Crippen MR) is 76.0 cm³/mol. The Bertz CT molecular complexity index is 391. The van der Waals surface area contributed by atoms with Crippen LogP contribution in [0.5, 0.6) is 5.75 Å². The van der Waals surface area contributed by atoms with Gasteiger partial charge in [-0.2, -0.15) is 0 Å². The average Bonchev–Trinajstić information content (AvgIpc) is 2.41. The van der Waals surface area contributed by atoms with Gasteiger partial charge in [-0.15, -0.1) is 0 Å². The molecule has 1 fully saturated rings. The van der Waals surface area contributed by atoms with Gasteiger partial charge in [0.05, 0.1) is 11.6 Å². The second-order valence-corrected chi connectivity index (χ2v) is 5.46. The van der Waals surface area contributed by atoms with Crippen molar-refractivity contribution < 1.29 is 9.47 Å². The summed E-state index contributed by atoms with van der Waals surface area (Å²) in [6.45, 7) is 1.75. The molecule has 1 heterocycles. The van der Waals surface area contributed by atoms with Crippen molar-refractivity contribution in [3.05, 3.63) is 28.2 Å². The van der Waals surface area contributed by atoms with Gasteiger partial charge in [-0.1, -0.05) is 6.07 Å². The molecule has 3 nitrogen and oxygen atoms in total. The standard InChI is InChI=1S/C14H20BrNO2/c1-16-14(10-5-7-18-8-6-10)11-3-4-13(17-2)12(15)9-11/h3-4,9-10,14,16H,5-8H2,1-2H3. The summed E-state index contributed by atoms with van der Waals surface area (Å²) in [6, 6.07) is 6.69. The number of rotatable bonds is 4. The van der Waals surface area contributed by atoms with E-state index in [1.54, 1.807) is 7.11 Å². The van der Waals surface area contributed by atoms with Gasteiger partial charge in [0.15, 0.2) is 0 Å². The lowest BCUT2D eigenvalue weighted by molar-refractivity contribution is 0.0546. The molecule has 1 aromatic carbocycles. The molecule has 2 rings (SSSR count). The Morgan fingerprint density at radius 1 is 1.39 bits per heavy atom. The third-order valence-corrected chi connectivity index (χ3v) is 4.20. The van der Waals surface area contributed by atoms with Crippen molar-refractivity contribution in [2.75, 3.05) is 27.4 Å². The van der Waals surface area contributed by atoms with Gasteiger partial charge in [0.25, 0.3) is 0 Å². The van der Waals surface area contributed by atoms with Crippen molar-refractivity contribution in [2.45, 2.75) is 18.9 Å². The molecule has 1 aliphatic rings. The molecule has 0 amide bonds. The summed E-state index contributed by atoms with van der Waals surface area (Å²) in [7, 11) is 3.71. The molecule has 1 aromatic rings. The molecule has 1 saturated heterocycles. The Balaban J connectivity index is 2.18. The topological polar surface area (TPSA) is 30.5 Å². The summed E-state index contributed by atoms with van der Waals surface area (Å²) >= 11 is 3.55. The lowest BCUT2D eigenvalue weighted by Gasteiger charge is -2.30. The van der Waals surface area contributed by atoms with E-state index in [9.17, 15) is 0 Å². The fraction of sp³-hybridized carbons (Fsp3) is 0.571. The zero-order chi connectivity index (χ0) is 13.0. The second kappa shape index (κ2) is 6.55. The lowest BCUT2D eigenvalue weighted by Crippen LogP contribution is -2.30. The van der Waals surface area contributed by atoms with Crippen LogP contribution in [-0.2, 0) is 4.74 Å². The normalized spacial score (nSPS) is 18.6. The van der Waals surface area contributed by atoms with Crippen LogP contribution < -0.4 is 10.1 Å². The van der Waals surface area contributed by atoms with Crippen LogP contribution in [0.15, 0.2) is 22.7 Å². The van der Waals surface area contributed by atoms with Crippen LogP contribution in [-0.4, -0.2) is 27.4 Å². The number of ether oxygens (including phenoxy) is 2. The summed E-state index contributed by atoms with van der Waals surface area (Å²) < 4.78 is 11.7. The number of hydrogen-bond donors (Lipinski definition) is 1. The average molecular weight is 314 g/mol. The molecule has 1 unspecified atom stereocenters. The van der Waals surface area contributed by atoms with E-state index in [0.29, 0.717) is 12.0 Å². The van der Waals surface area contributed by atoms with Gasteiger partial charge in [-0.05, 0) is 59.4 Å². The number of halogens is 1. The Kier molecular flexibility index (Phi) is 5.03. The van der Waals surface area contributed by atoms with Crippen molar-refractivity contribution >= 4 is 15.9 Å². The minimum absolute atomic E-state index is 0.385. The van der Waals surface area contributed by atoms with E-state index in [1.807, 2.05) is 13.1 Å². The molecule has 4 heteroatoms. The van der Waals surface area contributed by atoms with E-state index in [1.165, 1.54) is 5.56 Å². The van der Waals surface area contributed by atoms with Gasteiger partial charge in [-0.25, -0.2) is 0 Å². The van der Waals surface area contributed by atoms with E-state index >= 15 is 0 Å². The van der Waals surface area contributed by atoms with Crippen molar-refractivity contribution in [1.29, 1.82) is 0 Å².